The lowest BCUT2D eigenvalue weighted by Gasteiger charge is -2.09. The van der Waals surface area contributed by atoms with Crippen molar-refractivity contribution in [2.45, 2.75) is 6.92 Å². The Labute approximate surface area is 165 Å². The summed E-state index contributed by atoms with van der Waals surface area (Å²) >= 11 is 11.7. The molecule has 2 aromatic rings. The third kappa shape index (κ3) is 5.60. The van der Waals surface area contributed by atoms with E-state index < -0.39 is 24.5 Å². The zero-order valence-electron chi connectivity index (χ0n) is 14.3. The molecule has 0 bridgehead atoms. The Balaban J connectivity index is 1.93. The van der Waals surface area contributed by atoms with E-state index in [0.717, 1.165) is 0 Å². The van der Waals surface area contributed by atoms with Gasteiger partial charge in [0, 0.05) is 10.7 Å². The molecule has 2 rings (SSSR count). The van der Waals surface area contributed by atoms with Crippen LogP contribution in [-0.2, 0) is 14.3 Å². The Morgan fingerprint density at radius 1 is 1.04 bits per heavy atom. The Bertz CT molecular complexity index is 869. The second-order valence-electron chi connectivity index (χ2n) is 5.27. The summed E-state index contributed by atoms with van der Waals surface area (Å²) in [5.41, 5.74) is 6.48. The number of nitrogen functional groups attached to an aromatic ring is 1. The predicted molar refractivity (Wildman–Crippen MR) is 102 cm³/mol. The molecule has 0 aromatic heterocycles. The van der Waals surface area contributed by atoms with Gasteiger partial charge in [0.1, 0.15) is 0 Å². The van der Waals surface area contributed by atoms with E-state index in [9.17, 15) is 14.4 Å². The number of hydrogen-bond acceptors (Lipinski definition) is 6. The van der Waals surface area contributed by atoms with Crippen LogP contribution in [0.2, 0.25) is 10.0 Å². The SMILES string of the molecule is CCOC(=O)c1ccc(NC(=O)COC(=O)c2cc(Cl)cc(Cl)c2N)cc1. The van der Waals surface area contributed by atoms with Crippen LogP contribution in [0, 0.1) is 0 Å². The number of anilines is 2. The molecular formula is C18H16Cl2N2O5. The molecular weight excluding hydrogens is 395 g/mol. The zero-order chi connectivity index (χ0) is 20.0. The number of amides is 1. The Kier molecular flexibility index (Phi) is 7.04. The first-order valence-corrected chi connectivity index (χ1v) is 8.56. The maximum Gasteiger partial charge on any atom is 0.340 e. The van der Waals surface area contributed by atoms with Crippen molar-refractivity contribution >= 4 is 52.4 Å². The van der Waals surface area contributed by atoms with Crippen LogP contribution in [0.5, 0.6) is 0 Å². The number of carbonyl (C=O) groups excluding carboxylic acids is 3. The van der Waals surface area contributed by atoms with Crippen molar-refractivity contribution in [2.75, 3.05) is 24.3 Å². The van der Waals surface area contributed by atoms with Gasteiger partial charge in [-0.05, 0) is 43.3 Å². The predicted octanol–water partition coefficient (Wildman–Crippen LogP) is 3.55. The molecule has 0 atom stereocenters. The Morgan fingerprint density at radius 2 is 1.70 bits per heavy atom. The molecule has 2 aromatic carbocycles. The normalized spacial score (nSPS) is 10.2. The third-order valence-electron chi connectivity index (χ3n) is 3.33. The lowest BCUT2D eigenvalue weighted by atomic mass is 10.2. The van der Waals surface area contributed by atoms with Gasteiger partial charge in [0.15, 0.2) is 6.61 Å². The molecule has 0 saturated heterocycles. The van der Waals surface area contributed by atoms with Gasteiger partial charge in [-0.3, -0.25) is 4.79 Å². The minimum atomic E-state index is -0.829. The summed E-state index contributed by atoms with van der Waals surface area (Å²) in [5.74, 6) is -1.86. The molecule has 0 aliphatic heterocycles. The number of rotatable bonds is 6. The quantitative estimate of drug-likeness (QED) is 0.556. The van der Waals surface area contributed by atoms with E-state index in [1.807, 2.05) is 0 Å². The van der Waals surface area contributed by atoms with Gasteiger partial charge < -0.3 is 20.5 Å². The van der Waals surface area contributed by atoms with E-state index in [4.69, 9.17) is 38.4 Å². The first-order valence-electron chi connectivity index (χ1n) is 7.80. The molecule has 0 fully saturated rings. The molecule has 0 aliphatic carbocycles. The molecule has 0 aliphatic rings. The molecule has 3 N–H and O–H groups in total. The highest BCUT2D eigenvalue weighted by Crippen LogP contribution is 2.28. The summed E-state index contributed by atoms with van der Waals surface area (Å²) < 4.78 is 9.79. The lowest BCUT2D eigenvalue weighted by Crippen LogP contribution is -2.21. The van der Waals surface area contributed by atoms with Crippen LogP contribution < -0.4 is 11.1 Å². The van der Waals surface area contributed by atoms with Crippen molar-refractivity contribution < 1.29 is 23.9 Å². The van der Waals surface area contributed by atoms with Gasteiger partial charge in [0.25, 0.3) is 5.91 Å². The van der Waals surface area contributed by atoms with Crippen molar-refractivity contribution in [3.63, 3.8) is 0 Å². The number of nitrogens with two attached hydrogens (primary N) is 1. The van der Waals surface area contributed by atoms with Crippen LogP contribution in [0.15, 0.2) is 36.4 Å². The Hall–Kier alpha value is -2.77. The minimum absolute atomic E-state index is 0.0148. The minimum Gasteiger partial charge on any atom is -0.462 e. The summed E-state index contributed by atoms with van der Waals surface area (Å²) in [6, 6.07) is 8.77. The molecule has 27 heavy (non-hydrogen) atoms. The van der Waals surface area contributed by atoms with Gasteiger partial charge in [-0.2, -0.15) is 0 Å². The van der Waals surface area contributed by atoms with E-state index in [0.29, 0.717) is 11.3 Å². The van der Waals surface area contributed by atoms with Crippen LogP contribution in [-0.4, -0.2) is 31.1 Å². The topological polar surface area (TPSA) is 108 Å². The van der Waals surface area contributed by atoms with Crippen LogP contribution >= 0.6 is 23.2 Å². The summed E-state index contributed by atoms with van der Waals surface area (Å²) in [6.07, 6.45) is 0. The zero-order valence-corrected chi connectivity index (χ0v) is 15.8. The maximum atomic E-state index is 12.1. The number of ether oxygens (including phenoxy) is 2. The van der Waals surface area contributed by atoms with E-state index >= 15 is 0 Å². The van der Waals surface area contributed by atoms with E-state index in [-0.39, 0.29) is 27.9 Å². The molecule has 1 amide bonds. The first kappa shape index (κ1) is 20.5. The standard InChI is InChI=1S/C18H16Cl2N2O5/c1-2-26-17(24)10-3-5-12(6-4-10)22-15(23)9-27-18(25)13-7-11(19)8-14(20)16(13)21/h3-8H,2,9,21H2,1H3,(H,22,23). The van der Waals surface area contributed by atoms with E-state index in [1.165, 1.54) is 36.4 Å². The average Bonchev–Trinajstić information content (AvgIpc) is 2.63. The first-order chi connectivity index (χ1) is 12.8. The number of halogens is 2. The lowest BCUT2D eigenvalue weighted by molar-refractivity contribution is -0.119. The van der Waals surface area contributed by atoms with Crippen LogP contribution in [0.25, 0.3) is 0 Å². The molecule has 0 heterocycles. The van der Waals surface area contributed by atoms with Crippen molar-refractivity contribution in [3.05, 3.63) is 57.6 Å². The van der Waals surface area contributed by atoms with Crippen molar-refractivity contribution in [3.8, 4) is 0 Å². The monoisotopic (exact) mass is 410 g/mol. The highest BCUT2D eigenvalue weighted by atomic mass is 35.5. The number of benzene rings is 2. The molecule has 7 nitrogen and oxygen atoms in total. The smallest absolute Gasteiger partial charge is 0.340 e. The molecule has 142 valence electrons. The fourth-order valence-electron chi connectivity index (χ4n) is 2.06. The van der Waals surface area contributed by atoms with E-state index in [2.05, 4.69) is 5.32 Å². The van der Waals surface area contributed by atoms with Crippen LogP contribution in [0.4, 0.5) is 11.4 Å². The number of esters is 2. The number of carbonyl (C=O) groups is 3. The Morgan fingerprint density at radius 3 is 2.33 bits per heavy atom. The van der Waals surface area contributed by atoms with Gasteiger partial charge in [0.2, 0.25) is 0 Å². The second-order valence-corrected chi connectivity index (χ2v) is 6.11. The highest BCUT2D eigenvalue weighted by molar-refractivity contribution is 6.37. The second kappa shape index (κ2) is 9.25. The molecule has 0 spiro atoms. The van der Waals surface area contributed by atoms with Crippen molar-refractivity contribution in [1.82, 2.24) is 0 Å². The largest absolute Gasteiger partial charge is 0.462 e. The van der Waals surface area contributed by atoms with Crippen molar-refractivity contribution in [2.24, 2.45) is 0 Å². The molecule has 0 unspecified atom stereocenters. The van der Waals surface area contributed by atoms with Gasteiger partial charge in [-0.15, -0.1) is 0 Å². The molecule has 9 heteroatoms. The van der Waals surface area contributed by atoms with Gasteiger partial charge in [0.05, 0.1) is 28.4 Å². The molecule has 0 saturated carbocycles. The van der Waals surface area contributed by atoms with Gasteiger partial charge in [-0.1, -0.05) is 23.2 Å². The highest BCUT2D eigenvalue weighted by Gasteiger charge is 2.16. The summed E-state index contributed by atoms with van der Waals surface area (Å²) in [7, 11) is 0. The third-order valence-corrected chi connectivity index (χ3v) is 3.86. The fraction of sp³-hybridized carbons (Fsp3) is 0.167. The van der Waals surface area contributed by atoms with E-state index in [1.54, 1.807) is 6.92 Å². The number of hydrogen-bond donors (Lipinski definition) is 2. The molecule has 0 radical (unpaired) electrons. The van der Waals surface area contributed by atoms with Gasteiger partial charge >= 0.3 is 11.9 Å². The maximum absolute atomic E-state index is 12.1. The summed E-state index contributed by atoms with van der Waals surface area (Å²) in [5, 5.41) is 2.86. The summed E-state index contributed by atoms with van der Waals surface area (Å²) in [6.45, 7) is 1.44. The van der Waals surface area contributed by atoms with Crippen molar-refractivity contribution in [1.29, 1.82) is 0 Å². The number of nitrogens with one attached hydrogen (secondary N) is 1. The van der Waals surface area contributed by atoms with Crippen LogP contribution in [0.1, 0.15) is 27.6 Å². The van der Waals surface area contributed by atoms with Gasteiger partial charge in [-0.25, -0.2) is 9.59 Å². The average molecular weight is 411 g/mol. The fourth-order valence-corrected chi connectivity index (χ4v) is 2.56. The van der Waals surface area contributed by atoms with Crippen LogP contribution in [0.3, 0.4) is 0 Å². The summed E-state index contributed by atoms with van der Waals surface area (Å²) in [4.78, 5) is 35.6.